The van der Waals surface area contributed by atoms with Crippen LogP contribution >= 0.6 is 0 Å². The lowest BCUT2D eigenvalue weighted by Crippen LogP contribution is -2.44. The first-order valence-corrected chi connectivity index (χ1v) is 7.67. The van der Waals surface area contributed by atoms with E-state index in [0.29, 0.717) is 6.42 Å². The van der Waals surface area contributed by atoms with Crippen molar-refractivity contribution < 1.29 is 18.0 Å². The van der Waals surface area contributed by atoms with Gasteiger partial charge in [0.15, 0.2) is 15.4 Å². The predicted molar refractivity (Wildman–Crippen MR) is 71.0 cm³/mol. The summed E-state index contributed by atoms with van der Waals surface area (Å²) in [5.74, 6) is -0.540. The van der Waals surface area contributed by atoms with E-state index in [0.717, 1.165) is 12.5 Å². The molecule has 0 aliphatic rings. The molecule has 8 nitrogen and oxygen atoms in total. The summed E-state index contributed by atoms with van der Waals surface area (Å²) in [6.45, 7) is 1.88. The maximum Gasteiger partial charge on any atom is 0.458 e. The highest BCUT2D eigenvalue weighted by Crippen LogP contribution is 2.16. The highest BCUT2D eigenvalue weighted by atomic mass is 32.2. The third-order valence-corrected chi connectivity index (χ3v) is 4.70. The van der Waals surface area contributed by atoms with Crippen molar-refractivity contribution in [3.8, 4) is 0 Å². The number of benzene rings is 1. The number of nitrogen functional groups attached to an aromatic ring is 1. The molecule has 0 unspecified atom stereocenters. The number of aromatic nitrogens is 3. The molecule has 0 aliphatic carbocycles. The summed E-state index contributed by atoms with van der Waals surface area (Å²) >= 11 is 0. The van der Waals surface area contributed by atoms with Gasteiger partial charge in [-0.3, -0.25) is 5.73 Å². The zero-order valence-corrected chi connectivity index (χ0v) is 11.6. The molecular formula is C11H14N4O4S. The van der Waals surface area contributed by atoms with Crippen molar-refractivity contribution >= 4 is 26.8 Å². The van der Waals surface area contributed by atoms with Crippen LogP contribution in [0.4, 0.5) is 5.95 Å². The largest absolute Gasteiger partial charge is 0.739 e. The van der Waals surface area contributed by atoms with Gasteiger partial charge in [0.2, 0.25) is 5.10 Å². The van der Waals surface area contributed by atoms with Gasteiger partial charge in [-0.05, 0) is 12.5 Å². The molecule has 1 aromatic heterocycles. The minimum absolute atomic E-state index is 0.00588. The maximum absolute atomic E-state index is 12.1. The predicted octanol–water partition coefficient (Wildman–Crippen LogP) is -0.342. The fourth-order valence-corrected chi connectivity index (χ4v) is 3.26. The zero-order valence-electron chi connectivity index (χ0n) is 10.8. The number of nitrogens with two attached hydrogens (primary N) is 1. The van der Waals surface area contributed by atoms with Gasteiger partial charge >= 0.3 is 5.95 Å². The van der Waals surface area contributed by atoms with Gasteiger partial charge in [0, 0.05) is 17.0 Å². The van der Waals surface area contributed by atoms with Gasteiger partial charge in [-0.15, -0.1) is 0 Å². The maximum atomic E-state index is 12.1. The normalized spacial score (nSPS) is 11.8. The SMILES string of the molecule is CCCCS(=O)(=O)c1ccc2c(c1)[n+]([O-])c(N)n[n+]2[O-]. The highest BCUT2D eigenvalue weighted by molar-refractivity contribution is 7.91. The van der Waals surface area contributed by atoms with Gasteiger partial charge in [-0.25, -0.2) is 13.1 Å². The van der Waals surface area contributed by atoms with Crippen LogP contribution in [0.15, 0.2) is 23.1 Å². The Morgan fingerprint density at radius 3 is 2.65 bits per heavy atom. The second-order valence-electron chi connectivity index (χ2n) is 4.35. The number of anilines is 1. The molecule has 9 heteroatoms. The average Bonchev–Trinajstić information content (AvgIpc) is 2.42. The Labute approximate surface area is 115 Å². The Bertz CT molecular complexity index is 761. The van der Waals surface area contributed by atoms with E-state index >= 15 is 0 Å². The molecule has 0 fully saturated rings. The number of hydrogen-bond acceptors (Lipinski definition) is 6. The van der Waals surface area contributed by atoms with Gasteiger partial charge in [-0.1, -0.05) is 13.3 Å². The first-order valence-electron chi connectivity index (χ1n) is 6.02. The molecule has 1 aromatic carbocycles. The minimum Gasteiger partial charge on any atom is -0.739 e. The fraction of sp³-hybridized carbons (Fsp3) is 0.364. The standard InChI is InChI=1S/C11H14N4O4S/c1-2-3-6-20(18,19)8-4-5-9-10(7-8)14(16)11(12)13-15(9)17/h4-5,7H,2-3,6H2,1H3,(H2,12,13). The van der Waals surface area contributed by atoms with Crippen molar-refractivity contribution in [2.24, 2.45) is 0 Å². The molecule has 2 aromatic rings. The molecule has 0 radical (unpaired) electrons. The van der Waals surface area contributed by atoms with E-state index < -0.39 is 15.8 Å². The van der Waals surface area contributed by atoms with Crippen molar-refractivity contribution in [3.63, 3.8) is 0 Å². The highest BCUT2D eigenvalue weighted by Gasteiger charge is 2.21. The van der Waals surface area contributed by atoms with Crippen LogP contribution in [-0.2, 0) is 9.84 Å². The Balaban J connectivity index is 2.62. The summed E-state index contributed by atoms with van der Waals surface area (Å²) in [4.78, 5) is 0.190. The van der Waals surface area contributed by atoms with Crippen LogP contribution in [0.5, 0.6) is 0 Å². The summed E-state index contributed by atoms with van der Waals surface area (Å²) < 4.78 is 24.4. The molecule has 0 saturated carbocycles. The molecule has 0 aliphatic heterocycles. The van der Waals surface area contributed by atoms with Crippen molar-refractivity contribution in [2.75, 3.05) is 11.5 Å². The van der Waals surface area contributed by atoms with Crippen LogP contribution in [0.3, 0.4) is 0 Å². The lowest BCUT2D eigenvalue weighted by atomic mass is 10.3. The molecule has 2 rings (SSSR count). The molecular weight excluding hydrogens is 284 g/mol. The molecule has 20 heavy (non-hydrogen) atoms. The lowest BCUT2D eigenvalue weighted by Gasteiger charge is -2.09. The summed E-state index contributed by atoms with van der Waals surface area (Å²) in [6, 6.07) is 3.70. The number of hydrogen-bond donors (Lipinski definition) is 1. The third-order valence-electron chi connectivity index (χ3n) is 2.90. The second-order valence-corrected chi connectivity index (χ2v) is 6.46. The van der Waals surface area contributed by atoms with Crippen LogP contribution in [0, 0.1) is 10.4 Å². The van der Waals surface area contributed by atoms with Crippen LogP contribution in [0.2, 0.25) is 0 Å². The Morgan fingerprint density at radius 1 is 1.30 bits per heavy atom. The summed E-state index contributed by atoms with van der Waals surface area (Å²) in [5.41, 5.74) is 5.14. The Morgan fingerprint density at radius 2 is 2.00 bits per heavy atom. The Hall–Kier alpha value is -2.16. The number of unbranched alkanes of at least 4 members (excludes halogenated alkanes) is 1. The third kappa shape index (κ3) is 2.44. The second kappa shape index (κ2) is 5.08. The molecule has 0 saturated heterocycles. The number of fused-ring (bicyclic) bond motifs is 1. The molecule has 0 amide bonds. The first-order chi connectivity index (χ1) is 9.36. The topological polar surface area (TPSA) is 127 Å². The first kappa shape index (κ1) is 14.3. The van der Waals surface area contributed by atoms with Crippen LogP contribution < -0.4 is 15.3 Å². The molecule has 108 valence electrons. The van der Waals surface area contributed by atoms with Gasteiger partial charge in [0.1, 0.15) is 0 Å². The monoisotopic (exact) mass is 298 g/mol. The molecule has 0 spiro atoms. The number of rotatable bonds is 4. The molecule has 0 bridgehead atoms. The van der Waals surface area contributed by atoms with E-state index in [1.54, 1.807) is 0 Å². The van der Waals surface area contributed by atoms with E-state index in [1.807, 2.05) is 6.92 Å². The van der Waals surface area contributed by atoms with Crippen molar-refractivity contribution in [3.05, 3.63) is 28.6 Å². The van der Waals surface area contributed by atoms with Gasteiger partial charge in [0.05, 0.1) is 10.6 Å². The van der Waals surface area contributed by atoms with E-state index in [9.17, 15) is 18.8 Å². The van der Waals surface area contributed by atoms with Gasteiger partial charge in [-0.2, -0.15) is 0 Å². The molecule has 1 heterocycles. The lowest BCUT2D eigenvalue weighted by molar-refractivity contribution is -0.672. The number of nitrogens with zero attached hydrogens (tertiary/aromatic N) is 3. The number of sulfone groups is 1. The summed E-state index contributed by atoms with van der Waals surface area (Å²) in [7, 11) is -3.48. The molecule has 0 atom stereocenters. The summed E-state index contributed by atoms with van der Waals surface area (Å²) in [6.07, 6.45) is 1.27. The van der Waals surface area contributed by atoms with Crippen molar-refractivity contribution in [2.45, 2.75) is 24.7 Å². The minimum atomic E-state index is -3.48. The van der Waals surface area contributed by atoms with Crippen molar-refractivity contribution in [1.82, 2.24) is 5.10 Å². The fourth-order valence-electron chi connectivity index (χ4n) is 1.78. The Kier molecular flexibility index (Phi) is 3.62. The van der Waals surface area contributed by atoms with Gasteiger partial charge in [0.25, 0.3) is 5.52 Å². The smallest absolute Gasteiger partial charge is 0.458 e. The van der Waals surface area contributed by atoms with Crippen molar-refractivity contribution in [1.29, 1.82) is 0 Å². The van der Waals surface area contributed by atoms with Crippen LogP contribution in [0.25, 0.3) is 11.0 Å². The summed E-state index contributed by atoms with van der Waals surface area (Å²) in [5, 5.41) is 26.5. The van der Waals surface area contributed by atoms with E-state index in [-0.39, 0.29) is 31.3 Å². The molecule has 2 N–H and O–H groups in total. The van der Waals surface area contributed by atoms with E-state index in [1.165, 1.54) is 12.1 Å². The van der Waals surface area contributed by atoms with Gasteiger partial charge < -0.3 is 10.4 Å². The quantitative estimate of drug-likeness (QED) is 0.607. The van der Waals surface area contributed by atoms with E-state index in [2.05, 4.69) is 5.10 Å². The average molecular weight is 298 g/mol. The van der Waals surface area contributed by atoms with E-state index in [4.69, 9.17) is 5.73 Å². The van der Waals surface area contributed by atoms with Crippen LogP contribution in [-0.4, -0.2) is 19.3 Å². The zero-order chi connectivity index (χ0) is 14.9. The van der Waals surface area contributed by atoms with Crippen LogP contribution in [0.1, 0.15) is 19.8 Å².